The van der Waals surface area contributed by atoms with E-state index in [1.807, 2.05) is 21.9 Å². The Morgan fingerprint density at radius 3 is 2.65 bits per heavy atom. The maximum atomic E-state index is 12.8. The van der Waals surface area contributed by atoms with Gasteiger partial charge in [-0.2, -0.15) is 0 Å². The predicted octanol–water partition coefficient (Wildman–Crippen LogP) is 1.75. The van der Waals surface area contributed by atoms with E-state index in [0.717, 1.165) is 24.3 Å². The van der Waals surface area contributed by atoms with E-state index in [-0.39, 0.29) is 17.9 Å². The maximum absolute atomic E-state index is 12.8. The summed E-state index contributed by atoms with van der Waals surface area (Å²) in [5, 5.41) is 11.6. The van der Waals surface area contributed by atoms with Crippen molar-refractivity contribution in [2.24, 2.45) is 0 Å². The fraction of sp³-hybridized carbons (Fsp3) is 0.429. The van der Waals surface area contributed by atoms with Crippen molar-refractivity contribution in [3.63, 3.8) is 0 Å². The zero-order valence-corrected chi connectivity index (χ0v) is 17.8. The van der Waals surface area contributed by atoms with Gasteiger partial charge in [-0.3, -0.25) is 19.4 Å². The lowest BCUT2D eigenvalue weighted by atomic mass is 10.1. The Balaban J connectivity index is 1.22. The van der Waals surface area contributed by atoms with Gasteiger partial charge in [-0.1, -0.05) is 0 Å². The molecule has 0 radical (unpaired) electrons. The number of fused-ring (bicyclic) bond motifs is 1. The number of hydrogen-bond donors (Lipinski definition) is 1. The Morgan fingerprint density at radius 2 is 1.94 bits per heavy atom. The first-order valence-electron chi connectivity index (χ1n) is 10.4. The van der Waals surface area contributed by atoms with E-state index in [1.165, 1.54) is 16.2 Å². The van der Waals surface area contributed by atoms with Crippen molar-refractivity contribution in [3.8, 4) is 0 Å². The first-order valence-corrected chi connectivity index (χ1v) is 11.3. The van der Waals surface area contributed by atoms with Crippen LogP contribution in [0, 0.1) is 0 Å². The predicted molar refractivity (Wildman–Crippen MR) is 116 cm³/mol. The quantitative estimate of drug-likeness (QED) is 0.780. The SMILES string of the molecule is O=C(c1nccs1)N1CCN(C2CC(=O)N(c3ccc4c(c3)CCN4C(=O)O)C2)CC1. The lowest BCUT2D eigenvalue weighted by Crippen LogP contribution is -2.52. The van der Waals surface area contributed by atoms with Crippen LogP contribution in [0.15, 0.2) is 29.8 Å². The van der Waals surface area contributed by atoms with E-state index in [0.29, 0.717) is 49.7 Å². The van der Waals surface area contributed by atoms with Crippen LogP contribution in [-0.4, -0.2) is 83.1 Å². The van der Waals surface area contributed by atoms with E-state index >= 15 is 0 Å². The summed E-state index contributed by atoms with van der Waals surface area (Å²) in [6.07, 6.45) is 1.82. The van der Waals surface area contributed by atoms with E-state index in [2.05, 4.69) is 9.88 Å². The molecule has 2 fully saturated rings. The van der Waals surface area contributed by atoms with Crippen LogP contribution in [0.4, 0.5) is 16.2 Å². The molecule has 1 N–H and O–H groups in total. The van der Waals surface area contributed by atoms with Crippen LogP contribution in [0.1, 0.15) is 21.8 Å². The molecule has 1 aromatic heterocycles. The molecule has 0 saturated carbocycles. The third kappa shape index (κ3) is 3.66. The van der Waals surface area contributed by atoms with Crippen molar-refractivity contribution >= 4 is 40.6 Å². The summed E-state index contributed by atoms with van der Waals surface area (Å²) in [4.78, 5) is 48.0. The molecule has 0 aliphatic carbocycles. The summed E-state index contributed by atoms with van der Waals surface area (Å²) in [7, 11) is 0. The molecule has 2 saturated heterocycles. The smallest absolute Gasteiger partial charge is 0.411 e. The molecule has 3 aliphatic heterocycles. The summed E-state index contributed by atoms with van der Waals surface area (Å²) in [5.74, 6) is 0.0617. The summed E-state index contributed by atoms with van der Waals surface area (Å²) in [6, 6.07) is 5.71. The van der Waals surface area contributed by atoms with Crippen molar-refractivity contribution in [3.05, 3.63) is 40.3 Å². The minimum absolute atomic E-state index is 0.0210. The van der Waals surface area contributed by atoms with Gasteiger partial charge >= 0.3 is 6.09 Å². The minimum atomic E-state index is -0.948. The van der Waals surface area contributed by atoms with Crippen LogP contribution in [0.5, 0.6) is 0 Å². The number of hydrogen-bond acceptors (Lipinski definition) is 6. The molecule has 1 unspecified atom stereocenters. The number of rotatable bonds is 3. The van der Waals surface area contributed by atoms with Gasteiger partial charge in [-0.05, 0) is 30.2 Å². The molecule has 1 atom stereocenters. The molecule has 3 aliphatic rings. The third-order valence-electron chi connectivity index (χ3n) is 6.34. The summed E-state index contributed by atoms with van der Waals surface area (Å²) < 4.78 is 0. The highest BCUT2D eigenvalue weighted by molar-refractivity contribution is 7.11. The lowest BCUT2D eigenvalue weighted by molar-refractivity contribution is -0.117. The molecular weight excluding hydrogens is 418 g/mol. The van der Waals surface area contributed by atoms with Gasteiger partial charge in [0.2, 0.25) is 5.91 Å². The van der Waals surface area contributed by atoms with Crippen molar-refractivity contribution in [2.75, 3.05) is 49.1 Å². The second kappa shape index (κ2) is 7.93. The fourth-order valence-corrected chi connectivity index (χ4v) is 5.29. The van der Waals surface area contributed by atoms with Gasteiger partial charge in [0.15, 0.2) is 5.01 Å². The average molecular weight is 442 g/mol. The Kier molecular flexibility index (Phi) is 5.11. The van der Waals surface area contributed by atoms with E-state index in [4.69, 9.17) is 0 Å². The van der Waals surface area contributed by atoms with Gasteiger partial charge in [-0.25, -0.2) is 9.78 Å². The zero-order chi connectivity index (χ0) is 21.5. The minimum Gasteiger partial charge on any atom is -0.465 e. The molecule has 31 heavy (non-hydrogen) atoms. The maximum Gasteiger partial charge on any atom is 0.411 e. The van der Waals surface area contributed by atoms with Gasteiger partial charge in [0.05, 0.1) is 5.69 Å². The van der Waals surface area contributed by atoms with Gasteiger partial charge in [-0.15, -0.1) is 11.3 Å². The van der Waals surface area contributed by atoms with Crippen LogP contribution in [0.3, 0.4) is 0 Å². The van der Waals surface area contributed by atoms with E-state index < -0.39 is 6.09 Å². The molecule has 2 aromatic rings. The third-order valence-corrected chi connectivity index (χ3v) is 7.10. The van der Waals surface area contributed by atoms with Crippen LogP contribution >= 0.6 is 11.3 Å². The number of anilines is 2. The van der Waals surface area contributed by atoms with Gasteiger partial charge in [0.25, 0.3) is 5.91 Å². The first-order chi connectivity index (χ1) is 15.0. The largest absolute Gasteiger partial charge is 0.465 e. The normalized spacial score (nSPS) is 21.6. The van der Waals surface area contributed by atoms with Gasteiger partial charge in [0, 0.05) is 69.0 Å². The number of amides is 3. The number of aromatic nitrogens is 1. The van der Waals surface area contributed by atoms with Crippen molar-refractivity contribution in [1.29, 1.82) is 0 Å². The van der Waals surface area contributed by atoms with Crippen molar-refractivity contribution in [2.45, 2.75) is 18.9 Å². The van der Waals surface area contributed by atoms with Gasteiger partial charge < -0.3 is 14.9 Å². The highest BCUT2D eigenvalue weighted by atomic mass is 32.1. The molecule has 162 valence electrons. The van der Waals surface area contributed by atoms with Crippen molar-refractivity contribution < 1.29 is 19.5 Å². The van der Waals surface area contributed by atoms with Crippen molar-refractivity contribution in [1.82, 2.24) is 14.8 Å². The number of nitrogens with zero attached hydrogens (tertiary/aromatic N) is 5. The highest BCUT2D eigenvalue weighted by Crippen LogP contribution is 2.33. The summed E-state index contributed by atoms with van der Waals surface area (Å²) >= 11 is 1.36. The zero-order valence-electron chi connectivity index (χ0n) is 16.9. The molecule has 0 spiro atoms. The molecule has 3 amide bonds. The van der Waals surface area contributed by atoms with Crippen LogP contribution in [0.25, 0.3) is 0 Å². The first kappa shape index (κ1) is 20.0. The average Bonchev–Trinajstić information content (AvgIpc) is 3.52. The number of piperazine rings is 1. The topological polar surface area (TPSA) is 97.3 Å². The fourth-order valence-electron chi connectivity index (χ4n) is 4.69. The second-order valence-electron chi connectivity index (χ2n) is 8.02. The molecule has 5 rings (SSSR count). The Bertz CT molecular complexity index is 1020. The van der Waals surface area contributed by atoms with E-state index in [9.17, 15) is 19.5 Å². The van der Waals surface area contributed by atoms with Crippen LogP contribution < -0.4 is 9.80 Å². The summed E-state index contributed by atoms with van der Waals surface area (Å²) in [5.41, 5.74) is 2.50. The number of benzene rings is 1. The summed E-state index contributed by atoms with van der Waals surface area (Å²) in [6.45, 7) is 3.80. The molecule has 0 bridgehead atoms. The number of thiazole rings is 1. The molecule has 10 heteroatoms. The number of carboxylic acid groups (broad SMARTS) is 1. The Hall–Kier alpha value is -2.98. The number of carbonyl (C=O) groups excluding carboxylic acids is 2. The monoisotopic (exact) mass is 441 g/mol. The molecule has 9 nitrogen and oxygen atoms in total. The second-order valence-corrected chi connectivity index (χ2v) is 8.92. The Morgan fingerprint density at radius 1 is 1.13 bits per heavy atom. The standard InChI is InChI=1S/C21H23N5O4S/c27-18-12-16(23-6-8-24(9-7-23)20(28)19-22-4-10-31-19)13-26(18)15-1-2-17-14(11-15)3-5-25(17)21(29)30/h1-2,4,10-11,16H,3,5-9,12-13H2,(H,29,30). The van der Waals surface area contributed by atoms with E-state index in [1.54, 1.807) is 17.6 Å². The Labute approximate surface area is 183 Å². The van der Waals surface area contributed by atoms with Gasteiger partial charge in [0.1, 0.15) is 0 Å². The molecular formula is C21H23N5O4S. The molecule has 4 heterocycles. The lowest BCUT2D eigenvalue weighted by Gasteiger charge is -2.37. The number of carbonyl (C=O) groups is 3. The highest BCUT2D eigenvalue weighted by Gasteiger charge is 2.37. The molecule has 1 aromatic carbocycles. The van der Waals surface area contributed by atoms with Crippen LogP contribution in [0.2, 0.25) is 0 Å². The van der Waals surface area contributed by atoms with Crippen LogP contribution in [-0.2, 0) is 11.2 Å².